The molecule has 0 fully saturated rings. The van der Waals surface area contributed by atoms with Crippen molar-refractivity contribution in [3.05, 3.63) is 46.6 Å². The fraction of sp³-hybridized carbons (Fsp3) is 0.333. The molecule has 0 unspecified atom stereocenters. The Morgan fingerprint density at radius 3 is 2.72 bits per heavy atom. The summed E-state index contributed by atoms with van der Waals surface area (Å²) < 4.78 is 13.8. The summed E-state index contributed by atoms with van der Waals surface area (Å²) in [5.74, 6) is -0.147. The van der Waals surface area contributed by atoms with Crippen LogP contribution in [0.4, 0.5) is 4.39 Å². The van der Waals surface area contributed by atoms with Crippen molar-refractivity contribution in [1.29, 1.82) is 0 Å². The Balaban J connectivity index is 2.21. The zero-order valence-electron chi connectivity index (χ0n) is 11.0. The highest BCUT2D eigenvalue weighted by molar-refractivity contribution is 7.15. The highest BCUT2D eigenvalue weighted by Gasteiger charge is 2.08. The van der Waals surface area contributed by atoms with Crippen molar-refractivity contribution in [3.63, 3.8) is 0 Å². The van der Waals surface area contributed by atoms with Gasteiger partial charge in [0.1, 0.15) is 5.82 Å². The summed E-state index contributed by atoms with van der Waals surface area (Å²) in [6, 6.07) is 9.77. The first-order valence-electron chi connectivity index (χ1n) is 6.15. The second-order valence-electron chi connectivity index (χ2n) is 4.78. The van der Waals surface area contributed by atoms with E-state index in [1.165, 1.54) is 10.9 Å². The summed E-state index contributed by atoms with van der Waals surface area (Å²) in [6.45, 7) is 7.07. The van der Waals surface area contributed by atoms with Crippen LogP contribution in [0.1, 0.15) is 24.3 Å². The first-order valence-corrected chi connectivity index (χ1v) is 6.96. The lowest BCUT2D eigenvalue weighted by Crippen LogP contribution is -2.21. The Morgan fingerprint density at radius 1 is 1.22 bits per heavy atom. The highest BCUT2D eigenvalue weighted by atomic mass is 32.1. The van der Waals surface area contributed by atoms with Gasteiger partial charge in [0, 0.05) is 27.9 Å². The lowest BCUT2D eigenvalue weighted by Gasteiger charge is -2.05. The minimum Gasteiger partial charge on any atom is -0.310 e. The van der Waals surface area contributed by atoms with E-state index >= 15 is 0 Å². The summed E-state index contributed by atoms with van der Waals surface area (Å²) in [7, 11) is 0. The van der Waals surface area contributed by atoms with Gasteiger partial charge in [-0.3, -0.25) is 0 Å². The minimum absolute atomic E-state index is 0.147. The molecule has 1 nitrogen and oxygen atoms in total. The lowest BCUT2D eigenvalue weighted by atomic mass is 10.1. The van der Waals surface area contributed by atoms with Crippen molar-refractivity contribution in [1.82, 2.24) is 5.32 Å². The van der Waals surface area contributed by atoms with Crippen LogP contribution in [0.3, 0.4) is 0 Å². The number of thiophene rings is 1. The SMILES string of the molecule is Cc1ccc(F)c(-c2ccc(CNC(C)C)s2)c1. The summed E-state index contributed by atoms with van der Waals surface area (Å²) in [6.07, 6.45) is 0. The molecule has 0 radical (unpaired) electrons. The number of aryl methyl sites for hydroxylation is 1. The van der Waals surface area contributed by atoms with Crippen LogP contribution in [-0.4, -0.2) is 6.04 Å². The van der Waals surface area contributed by atoms with Gasteiger partial charge in [-0.1, -0.05) is 25.5 Å². The maximum absolute atomic E-state index is 13.8. The predicted molar refractivity (Wildman–Crippen MR) is 76.4 cm³/mol. The van der Waals surface area contributed by atoms with E-state index in [0.717, 1.165) is 17.0 Å². The molecule has 96 valence electrons. The van der Waals surface area contributed by atoms with Gasteiger partial charge >= 0.3 is 0 Å². The monoisotopic (exact) mass is 263 g/mol. The van der Waals surface area contributed by atoms with Crippen LogP contribution < -0.4 is 5.32 Å². The molecule has 0 spiro atoms. The molecular weight excluding hydrogens is 245 g/mol. The maximum Gasteiger partial charge on any atom is 0.131 e. The van der Waals surface area contributed by atoms with Crippen molar-refractivity contribution >= 4 is 11.3 Å². The van der Waals surface area contributed by atoms with E-state index in [-0.39, 0.29) is 5.82 Å². The second kappa shape index (κ2) is 5.63. The van der Waals surface area contributed by atoms with Gasteiger partial charge in [0.2, 0.25) is 0 Å². The molecule has 0 aliphatic carbocycles. The first-order chi connectivity index (χ1) is 8.56. The standard InChI is InChI=1S/C15H18FNS/c1-10(2)17-9-12-5-7-15(18-12)13-8-11(3)4-6-14(13)16/h4-8,10,17H,9H2,1-3H3. The molecule has 0 saturated heterocycles. The molecule has 0 bridgehead atoms. The van der Waals surface area contributed by atoms with E-state index in [1.54, 1.807) is 17.4 Å². The minimum atomic E-state index is -0.147. The van der Waals surface area contributed by atoms with Crippen LogP contribution in [0, 0.1) is 12.7 Å². The molecule has 18 heavy (non-hydrogen) atoms. The molecule has 1 aromatic heterocycles. The molecular formula is C15H18FNS. The van der Waals surface area contributed by atoms with Crippen molar-refractivity contribution in [3.8, 4) is 10.4 Å². The van der Waals surface area contributed by atoms with Crippen LogP contribution in [0.25, 0.3) is 10.4 Å². The average Bonchev–Trinajstić information content (AvgIpc) is 2.78. The van der Waals surface area contributed by atoms with Gasteiger partial charge in [-0.15, -0.1) is 11.3 Å². The highest BCUT2D eigenvalue weighted by Crippen LogP contribution is 2.30. The quantitative estimate of drug-likeness (QED) is 0.864. The van der Waals surface area contributed by atoms with E-state index in [2.05, 4.69) is 25.2 Å². The van der Waals surface area contributed by atoms with E-state index in [4.69, 9.17) is 0 Å². The molecule has 0 aliphatic heterocycles. The van der Waals surface area contributed by atoms with Crippen molar-refractivity contribution < 1.29 is 4.39 Å². The van der Waals surface area contributed by atoms with Gasteiger partial charge < -0.3 is 5.32 Å². The number of rotatable bonds is 4. The summed E-state index contributed by atoms with van der Waals surface area (Å²) in [5, 5.41) is 3.37. The van der Waals surface area contributed by atoms with Crippen LogP contribution in [0.15, 0.2) is 30.3 Å². The third-order valence-corrected chi connectivity index (χ3v) is 3.85. The molecule has 0 saturated carbocycles. The van der Waals surface area contributed by atoms with Crippen LogP contribution in [-0.2, 0) is 6.54 Å². The maximum atomic E-state index is 13.8. The number of hydrogen-bond acceptors (Lipinski definition) is 2. The Morgan fingerprint density at radius 2 is 2.00 bits per heavy atom. The molecule has 0 aliphatic rings. The number of hydrogen-bond donors (Lipinski definition) is 1. The smallest absolute Gasteiger partial charge is 0.131 e. The first kappa shape index (κ1) is 13.2. The van der Waals surface area contributed by atoms with E-state index in [9.17, 15) is 4.39 Å². The number of benzene rings is 1. The van der Waals surface area contributed by atoms with Crippen LogP contribution >= 0.6 is 11.3 Å². The van der Waals surface area contributed by atoms with E-state index in [1.807, 2.05) is 19.1 Å². The second-order valence-corrected chi connectivity index (χ2v) is 5.95. The van der Waals surface area contributed by atoms with Gasteiger partial charge in [0.05, 0.1) is 0 Å². The Kier molecular flexibility index (Phi) is 4.15. The lowest BCUT2D eigenvalue weighted by molar-refractivity contribution is 0.593. The zero-order valence-corrected chi connectivity index (χ0v) is 11.8. The largest absolute Gasteiger partial charge is 0.310 e. The van der Waals surface area contributed by atoms with Crippen LogP contribution in [0.5, 0.6) is 0 Å². The predicted octanol–water partition coefficient (Wildman–Crippen LogP) is 4.36. The molecule has 0 amide bonds. The molecule has 0 atom stereocenters. The van der Waals surface area contributed by atoms with Gasteiger partial charge in [-0.05, 0) is 31.2 Å². The summed E-state index contributed by atoms with van der Waals surface area (Å²) in [4.78, 5) is 2.23. The molecule has 1 heterocycles. The normalized spacial score (nSPS) is 11.2. The number of halogens is 1. The topological polar surface area (TPSA) is 12.0 Å². The van der Waals surface area contributed by atoms with Gasteiger partial charge in [-0.25, -0.2) is 4.39 Å². The van der Waals surface area contributed by atoms with Gasteiger partial charge in [0.15, 0.2) is 0 Å². The number of nitrogens with one attached hydrogen (secondary N) is 1. The van der Waals surface area contributed by atoms with Crippen LogP contribution in [0.2, 0.25) is 0 Å². The van der Waals surface area contributed by atoms with Crippen molar-refractivity contribution in [2.45, 2.75) is 33.4 Å². The molecule has 2 rings (SSSR count). The molecule has 1 aromatic carbocycles. The zero-order chi connectivity index (χ0) is 13.1. The summed E-state index contributed by atoms with van der Waals surface area (Å²) >= 11 is 1.65. The van der Waals surface area contributed by atoms with Crippen molar-refractivity contribution in [2.75, 3.05) is 0 Å². The van der Waals surface area contributed by atoms with Gasteiger partial charge in [-0.2, -0.15) is 0 Å². The third kappa shape index (κ3) is 3.18. The Labute approximate surface area is 112 Å². The van der Waals surface area contributed by atoms with E-state index < -0.39 is 0 Å². The van der Waals surface area contributed by atoms with E-state index in [0.29, 0.717) is 11.6 Å². The summed E-state index contributed by atoms with van der Waals surface area (Å²) in [5.41, 5.74) is 1.79. The van der Waals surface area contributed by atoms with Crippen molar-refractivity contribution in [2.24, 2.45) is 0 Å². The molecule has 1 N–H and O–H groups in total. The molecule has 2 aromatic rings. The van der Waals surface area contributed by atoms with Gasteiger partial charge in [0.25, 0.3) is 0 Å². The third-order valence-electron chi connectivity index (χ3n) is 2.73. The Hall–Kier alpha value is -1.19. The fourth-order valence-electron chi connectivity index (χ4n) is 1.75. The Bertz CT molecular complexity index is 531. The average molecular weight is 263 g/mol. The fourth-order valence-corrected chi connectivity index (χ4v) is 2.73. The molecule has 3 heteroatoms.